The number of hydrogen-bond donors (Lipinski definition) is 1. The predicted molar refractivity (Wildman–Crippen MR) is 71.2 cm³/mol. The molecule has 1 aromatic carbocycles. The molecule has 0 saturated carbocycles. The first-order chi connectivity index (χ1) is 8.27. The third-order valence-corrected chi connectivity index (χ3v) is 3.36. The van der Waals surface area contributed by atoms with Gasteiger partial charge in [-0.05, 0) is 19.9 Å². The van der Waals surface area contributed by atoms with Crippen LogP contribution in [0.15, 0.2) is 18.2 Å². The van der Waals surface area contributed by atoms with Crippen LogP contribution in [-0.4, -0.2) is 16.7 Å². The summed E-state index contributed by atoms with van der Waals surface area (Å²) in [6.45, 7) is 3.33. The normalized spacial score (nSPS) is 11.1. The van der Waals surface area contributed by atoms with E-state index < -0.39 is 10.3 Å². The van der Waals surface area contributed by atoms with E-state index in [1.54, 1.807) is 13.8 Å². The minimum Gasteiger partial charge on any atom is -0.324 e. The number of carbonyl (C=O) groups excluding carboxylic acids is 1. The van der Waals surface area contributed by atoms with Crippen LogP contribution >= 0.6 is 23.2 Å². The van der Waals surface area contributed by atoms with Gasteiger partial charge in [0.2, 0.25) is 5.91 Å². The van der Waals surface area contributed by atoms with Crippen molar-refractivity contribution in [2.45, 2.75) is 13.8 Å². The molecule has 0 bridgehead atoms. The number of nitrogens with one attached hydrogen (secondary N) is 1. The number of halogens is 2. The van der Waals surface area contributed by atoms with Gasteiger partial charge in [0.05, 0.1) is 21.0 Å². The Hall–Kier alpha value is -1.33. The van der Waals surface area contributed by atoms with Gasteiger partial charge < -0.3 is 5.32 Å². The van der Waals surface area contributed by atoms with E-state index in [1.807, 2.05) is 0 Å². The number of amides is 1. The smallest absolute Gasteiger partial charge is 0.271 e. The fourth-order valence-electron chi connectivity index (χ4n) is 1.07. The SMILES string of the molecule is CC(C)(CCl)C(=O)Nc1cc([N+](=O)[O-])ccc1Cl. The predicted octanol–water partition coefficient (Wildman–Crippen LogP) is 3.45. The van der Waals surface area contributed by atoms with Crippen LogP contribution < -0.4 is 5.32 Å². The molecule has 1 N–H and O–H groups in total. The molecule has 0 aromatic heterocycles. The van der Waals surface area contributed by atoms with E-state index in [-0.39, 0.29) is 28.2 Å². The summed E-state index contributed by atoms with van der Waals surface area (Å²) >= 11 is 11.5. The quantitative estimate of drug-likeness (QED) is 0.524. The van der Waals surface area contributed by atoms with Gasteiger partial charge in [-0.3, -0.25) is 14.9 Å². The highest BCUT2D eigenvalue weighted by Crippen LogP contribution is 2.28. The molecule has 5 nitrogen and oxygen atoms in total. The van der Waals surface area contributed by atoms with Crippen LogP contribution in [0.5, 0.6) is 0 Å². The Morgan fingerprint density at radius 3 is 2.61 bits per heavy atom. The summed E-state index contributed by atoms with van der Waals surface area (Å²) in [5, 5.41) is 13.4. The van der Waals surface area contributed by atoms with Crippen LogP contribution in [0.25, 0.3) is 0 Å². The zero-order chi connectivity index (χ0) is 13.9. The highest BCUT2D eigenvalue weighted by atomic mass is 35.5. The first kappa shape index (κ1) is 14.7. The molecule has 0 atom stereocenters. The molecule has 1 amide bonds. The Balaban J connectivity index is 3.01. The lowest BCUT2D eigenvalue weighted by Crippen LogP contribution is -2.32. The van der Waals surface area contributed by atoms with Crippen molar-refractivity contribution in [3.63, 3.8) is 0 Å². The summed E-state index contributed by atoms with van der Waals surface area (Å²) in [6.07, 6.45) is 0. The summed E-state index contributed by atoms with van der Waals surface area (Å²) in [7, 11) is 0. The number of nitro groups is 1. The van der Waals surface area contributed by atoms with Crippen LogP contribution in [0.4, 0.5) is 11.4 Å². The Labute approximate surface area is 114 Å². The molecule has 0 aliphatic carbocycles. The second-order valence-electron chi connectivity index (χ2n) is 4.39. The number of anilines is 1. The zero-order valence-electron chi connectivity index (χ0n) is 9.87. The van der Waals surface area contributed by atoms with Gasteiger partial charge in [-0.15, -0.1) is 11.6 Å². The molecule has 1 rings (SSSR count). The average molecular weight is 291 g/mol. The molecule has 18 heavy (non-hydrogen) atoms. The summed E-state index contributed by atoms with van der Waals surface area (Å²) in [5.74, 6) is -0.217. The van der Waals surface area contributed by atoms with Gasteiger partial charge in [-0.2, -0.15) is 0 Å². The lowest BCUT2D eigenvalue weighted by molar-refractivity contribution is -0.384. The Kier molecular flexibility index (Phi) is 4.53. The van der Waals surface area contributed by atoms with E-state index in [9.17, 15) is 14.9 Å². The van der Waals surface area contributed by atoms with Crippen molar-refractivity contribution >= 4 is 40.5 Å². The number of nitro benzene ring substituents is 1. The third-order valence-electron chi connectivity index (χ3n) is 2.36. The van der Waals surface area contributed by atoms with Gasteiger partial charge in [0, 0.05) is 18.0 Å². The molecule has 0 aliphatic rings. The first-order valence-electron chi connectivity index (χ1n) is 5.09. The van der Waals surface area contributed by atoms with Crippen LogP contribution in [-0.2, 0) is 4.79 Å². The summed E-state index contributed by atoms with van der Waals surface area (Å²) in [5.41, 5.74) is -0.720. The molecule has 0 radical (unpaired) electrons. The molecule has 0 unspecified atom stereocenters. The minimum atomic E-state index is -0.782. The van der Waals surface area contributed by atoms with E-state index in [0.29, 0.717) is 0 Å². The fourth-order valence-corrected chi connectivity index (χ4v) is 1.36. The molecule has 0 spiro atoms. The molecule has 7 heteroatoms. The molecular formula is C11H12Cl2N2O3. The number of rotatable bonds is 4. The van der Waals surface area contributed by atoms with E-state index in [2.05, 4.69) is 5.32 Å². The van der Waals surface area contributed by atoms with E-state index in [4.69, 9.17) is 23.2 Å². The molecule has 0 aliphatic heterocycles. The second kappa shape index (κ2) is 5.54. The molecule has 0 fully saturated rings. The minimum absolute atomic E-state index is 0.130. The Bertz CT molecular complexity index is 489. The monoisotopic (exact) mass is 290 g/mol. The van der Waals surface area contributed by atoms with Gasteiger partial charge in [0.15, 0.2) is 0 Å². The molecule has 0 heterocycles. The molecule has 0 saturated heterocycles. The number of carbonyl (C=O) groups is 1. The van der Waals surface area contributed by atoms with Crippen molar-refractivity contribution in [3.05, 3.63) is 33.3 Å². The standard InChI is InChI=1S/C11H12Cl2N2O3/c1-11(2,6-12)10(16)14-9-5-7(15(17)18)3-4-8(9)13/h3-5H,6H2,1-2H3,(H,14,16). The number of nitrogens with zero attached hydrogens (tertiary/aromatic N) is 1. The van der Waals surface area contributed by atoms with Gasteiger partial charge in [0.25, 0.3) is 5.69 Å². The largest absolute Gasteiger partial charge is 0.324 e. The van der Waals surface area contributed by atoms with Crippen LogP contribution in [0.1, 0.15) is 13.8 Å². The highest BCUT2D eigenvalue weighted by molar-refractivity contribution is 6.34. The van der Waals surface area contributed by atoms with Crippen LogP contribution in [0.2, 0.25) is 5.02 Å². The summed E-state index contributed by atoms with van der Waals surface area (Å²) in [6, 6.07) is 3.85. The van der Waals surface area contributed by atoms with Crippen molar-refractivity contribution in [2.75, 3.05) is 11.2 Å². The average Bonchev–Trinajstić information content (AvgIpc) is 2.31. The maximum absolute atomic E-state index is 11.9. The second-order valence-corrected chi connectivity index (χ2v) is 5.07. The van der Waals surface area contributed by atoms with Crippen molar-refractivity contribution in [2.24, 2.45) is 5.41 Å². The lowest BCUT2D eigenvalue weighted by Gasteiger charge is -2.20. The van der Waals surface area contributed by atoms with E-state index >= 15 is 0 Å². The maximum atomic E-state index is 11.9. The van der Waals surface area contributed by atoms with Gasteiger partial charge in [-0.25, -0.2) is 0 Å². The number of benzene rings is 1. The van der Waals surface area contributed by atoms with E-state index in [1.165, 1.54) is 18.2 Å². The first-order valence-corrected chi connectivity index (χ1v) is 6.00. The van der Waals surface area contributed by atoms with Crippen LogP contribution in [0.3, 0.4) is 0 Å². The zero-order valence-corrected chi connectivity index (χ0v) is 11.4. The summed E-state index contributed by atoms with van der Waals surface area (Å²) in [4.78, 5) is 21.9. The Morgan fingerprint density at radius 1 is 1.50 bits per heavy atom. The fraction of sp³-hybridized carbons (Fsp3) is 0.364. The molecular weight excluding hydrogens is 279 g/mol. The lowest BCUT2D eigenvalue weighted by atomic mass is 9.95. The van der Waals surface area contributed by atoms with Crippen molar-refractivity contribution in [3.8, 4) is 0 Å². The number of alkyl halides is 1. The van der Waals surface area contributed by atoms with Crippen molar-refractivity contribution in [1.82, 2.24) is 0 Å². The summed E-state index contributed by atoms with van der Waals surface area (Å²) < 4.78 is 0. The Morgan fingerprint density at radius 2 is 2.11 bits per heavy atom. The maximum Gasteiger partial charge on any atom is 0.271 e. The third kappa shape index (κ3) is 3.34. The molecule has 1 aromatic rings. The van der Waals surface area contributed by atoms with Gasteiger partial charge in [-0.1, -0.05) is 11.6 Å². The van der Waals surface area contributed by atoms with Crippen molar-refractivity contribution in [1.29, 1.82) is 0 Å². The van der Waals surface area contributed by atoms with Gasteiger partial charge >= 0.3 is 0 Å². The number of hydrogen-bond acceptors (Lipinski definition) is 3. The van der Waals surface area contributed by atoms with Crippen LogP contribution in [0, 0.1) is 15.5 Å². The highest BCUT2D eigenvalue weighted by Gasteiger charge is 2.27. The van der Waals surface area contributed by atoms with Gasteiger partial charge in [0.1, 0.15) is 0 Å². The van der Waals surface area contributed by atoms with E-state index in [0.717, 1.165) is 0 Å². The number of non-ortho nitro benzene ring substituents is 1. The van der Waals surface area contributed by atoms with Crippen molar-refractivity contribution < 1.29 is 9.72 Å². The topological polar surface area (TPSA) is 72.2 Å². The molecule has 98 valence electrons.